The number of fused-ring (bicyclic) bond motifs is 1. The van der Waals surface area contributed by atoms with Gasteiger partial charge in [-0.3, -0.25) is 9.59 Å². The summed E-state index contributed by atoms with van der Waals surface area (Å²) in [5.74, 6) is 0.557. The molecule has 0 spiro atoms. The molecule has 1 saturated carbocycles. The van der Waals surface area contributed by atoms with Crippen molar-refractivity contribution >= 4 is 22.8 Å². The van der Waals surface area contributed by atoms with Gasteiger partial charge in [-0.1, -0.05) is 66.9 Å². The molecule has 40 heavy (non-hydrogen) atoms. The Morgan fingerprint density at radius 3 is 2.48 bits per heavy atom. The van der Waals surface area contributed by atoms with Crippen LogP contribution in [0.15, 0.2) is 72.8 Å². The number of para-hydroxylation sites is 1. The number of rotatable bonds is 10. The van der Waals surface area contributed by atoms with Crippen LogP contribution < -0.4 is 14.8 Å². The average molecular weight is 542 g/mol. The van der Waals surface area contributed by atoms with Crippen LogP contribution in [-0.4, -0.2) is 52.0 Å². The van der Waals surface area contributed by atoms with Gasteiger partial charge >= 0.3 is 0 Å². The Hall–Kier alpha value is -4.40. The molecule has 1 aliphatic rings. The highest BCUT2D eigenvalue weighted by molar-refractivity contribution is 5.90. The molecule has 1 aliphatic carbocycles. The molecule has 3 aromatic carbocycles. The van der Waals surface area contributed by atoms with E-state index in [2.05, 4.69) is 15.6 Å². The first-order valence-electron chi connectivity index (χ1n) is 13.7. The van der Waals surface area contributed by atoms with E-state index in [1.807, 2.05) is 54.6 Å². The van der Waals surface area contributed by atoms with Gasteiger partial charge in [0.1, 0.15) is 29.6 Å². The number of hydrogen-bond acceptors (Lipinski definition) is 6. The third kappa shape index (κ3) is 6.09. The maximum atomic E-state index is 14.2. The molecule has 1 aromatic heterocycles. The van der Waals surface area contributed by atoms with Crippen molar-refractivity contribution in [3.8, 4) is 11.5 Å². The van der Waals surface area contributed by atoms with Crippen molar-refractivity contribution in [3.63, 3.8) is 0 Å². The summed E-state index contributed by atoms with van der Waals surface area (Å²) < 4.78 is 12.8. The molecule has 1 atom stereocenters. The molecule has 4 aromatic rings. The number of benzene rings is 3. The normalized spacial score (nSPS) is 14.4. The van der Waals surface area contributed by atoms with Crippen molar-refractivity contribution in [2.24, 2.45) is 0 Å². The Kier molecular flexibility index (Phi) is 8.59. The third-order valence-corrected chi connectivity index (χ3v) is 7.46. The monoisotopic (exact) mass is 541 g/mol. The van der Waals surface area contributed by atoms with Crippen LogP contribution in [0.25, 0.3) is 11.0 Å². The van der Waals surface area contributed by atoms with Gasteiger partial charge in [0, 0.05) is 18.2 Å². The average Bonchev–Trinajstić information content (AvgIpc) is 3.40. The topological polar surface area (TPSA) is 98.6 Å². The standard InChI is InChI=1S/C31H35N5O4/c1-39-24-17-18-28(40-2)25(19-24)30(31(38)32-23-13-7-4-8-14-23)35(20-22-11-5-3-6-12-22)29(37)21-36-27-16-10-9-15-26(27)33-34-36/h3,5-6,9-12,15-19,23,30H,4,7-8,13-14,20-21H2,1-2H3,(H,32,38). The number of nitrogens with one attached hydrogen (secondary N) is 1. The summed E-state index contributed by atoms with van der Waals surface area (Å²) in [6, 6.07) is 21.6. The lowest BCUT2D eigenvalue weighted by Crippen LogP contribution is -2.47. The quantitative estimate of drug-likeness (QED) is 0.313. The second kappa shape index (κ2) is 12.6. The van der Waals surface area contributed by atoms with Crippen LogP contribution in [0.4, 0.5) is 0 Å². The second-order valence-corrected chi connectivity index (χ2v) is 10.1. The summed E-state index contributed by atoms with van der Waals surface area (Å²) >= 11 is 0. The number of amides is 2. The second-order valence-electron chi connectivity index (χ2n) is 10.1. The minimum Gasteiger partial charge on any atom is -0.497 e. The number of carbonyl (C=O) groups is 2. The van der Waals surface area contributed by atoms with Crippen LogP contribution in [-0.2, 0) is 22.7 Å². The van der Waals surface area contributed by atoms with Gasteiger partial charge in [-0.25, -0.2) is 4.68 Å². The zero-order valence-electron chi connectivity index (χ0n) is 23.0. The van der Waals surface area contributed by atoms with E-state index < -0.39 is 6.04 Å². The van der Waals surface area contributed by atoms with E-state index in [-0.39, 0.29) is 30.9 Å². The fraction of sp³-hybridized carbons (Fsp3) is 0.355. The largest absolute Gasteiger partial charge is 0.497 e. The SMILES string of the molecule is COc1ccc(OC)c(C(C(=O)NC2CCCCC2)N(Cc2ccccc2)C(=O)Cn2nnc3ccccc32)c1. The highest BCUT2D eigenvalue weighted by Gasteiger charge is 2.35. The fourth-order valence-electron chi connectivity index (χ4n) is 5.39. The van der Waals surface area contributed by atoms with Crippen molar-refractivity contribution in [3.05, 3.63) is 83.9 Å². The Morgan fingerprint density at radius 2 is 1.73 bits per heavy atom. The molecule has 208 valence electrons. The van der Waals surface area contributed by atoms with Crippen LogP contribution in [0.3, 0.4) is 0 Å². The number of hydrogen-bond donors (Lipinski definition) is 1. The maximum absolute atomic E-state index is 14.2. The summed E-state index contributed by atoms with van der Waals surface area (Å²) in [7, 11) is 3.14. The lowest BCUT2D eigenvalue weighted by Gasteiger charge is -2.34. The van der Waals surface area contributed by atoms with E-state index in [0.29, 0.717) is 22.6 Å². The molecule has 1 unspecified atom stereocenters. The Labute approximate surface area is 234 Å². The van der Waals surface area contributed by atoms with E-state index in [9.17, 15) is 9.59 Å². The maximum Gasteiger partial charge on any atom is 0.247 e. The summed E-state index contributed by atoms with van der Waals surface area (Å²) in [6.45, 7) is 0.141. The molecule has 1 fully saturated rings. The first kappa shape index (κ1) is 27.2. The van der Waals surface area contributed by atoms with Crippen molar-refractivity contribution in [1.29, 1.82) is 0 Å². The van der Waals surface area contributed by atoms with Gasteiger partial charge in [-0.2, -0.15) is 0 Å². The molecule has 5 rings (SSSR count). The predicted molar refractivity (Wildman–Crippen MR) is 152 cm³/mol. The molecule has 1 heterocycles. The zero-order valence-corrected chi connectivity index (χ0v) is 23.0. The minimum absolute atomic E-state index is 0.0632. The van der Waals surface area contributed by atoms with E-state index in [1.165, 1.54) is 6.42 Å². The Bertz CT molecular complexity index is 1450. The number of methoxy groups -OCH3 is 2. The summed E-state index contributed by atoms with van der Waals surface area (Å²) in [6.07, 6.45) is 5.16. The smallest absolute Gasteiger partial charge is 0.247 e. The van der Waals surface area contributed by atoms with Crippen molar-refractivity contribution in [1.82, 2.24) is 25.2 Å². The first-order chi connectivity index (χ1) is 19.6. The highest BCUT2D eigenvalue weighted by Crippen LogP contribution is 2.35. The molecule has 9 heteroatoms. The Morgan fingerprint density at radius 1 is 0.975 bits per heavy atom. The van der Waals surface area contributed by atoms with Gasteiger partial charge in [0.15, 0.2) is 0 Å². The van der Waals surface area contributed by atoms with Crippen LogP contribution in [0.1, 0.15) is 49.3 Å². The van der Waals surface area contributed by atoms with Crippen LogP contribution in [0.5, 0.6) is 11.5 Å². The number of nitrogens with zero attached hydrogens (tertiary/aromatic N) is 4. The molecule has 9 nitrogen and oxygen atoms in total. The van der Waals surface area contributed by atoms with Crippen molar-refractivity contribution < 1.29 is 19.1 Å². The van der Waals surface area contributed by atoms with Crippen LogP contribution >= 0.6 is 0 Å². The number of ether oxygens (including phenoxy) is 2. The highest BCUT2D eigenvalue weighted by atomic mass is 16.5. The summed E-state index contributed by atoms with van der Waals surface area (Å²) in [4.78, 5) is 30.0. The lowest BCUT2D eigenvalue weighted by molar-refractivity contribution is -0.142. The molecule has 0 bridgehead atoms. The minimum atomic E-state index is -0.963. The van der Waals surface area contributed by atoms with Crippen LogP contribution in [0, 0.1) is 0 Å². The molecule has 0 saturated heterocycles. The molecule has 2 amide bonds. The van der Waals surface area contributed by atoms with Gasteiger partial charge in [0.25, 0.3) is 0 Å². The summed E-state index contributed by atoms with van der Waals surface area (Å²) in [5, 5.41) is 11.7. The predicted octanol–water partition coefficient (Wildman–Crippen LogP) is 4.67. The van der Waals surface area contributed by atoms with Crippen molar-refractivity contribution in [2.45, 2.75) is 57.3 Å². The Balaban J connectivity index is 1.58. The zero-order chi connectivity index (χ0) is 27.9. The van der Waals surface area contributed by atoms with Gasteiger partial charge in [-0.05, 0) is 48.7 Å². The van der Waals surface area contributed by atoms with E-state index in [4.69, 9.17) is 9.47 Å². The van der Waals surface area contributed by atoms with Gasteiger partial charge in [0.2, 0.25) is 11.8 Å². The summed E-state index contributed by atoms with van der Waals surface area (Å²) in [5.41, 5.74) is 2.91. The van der Waals surface area contributed by atoms with E-state index in [1.54, 1.807) is 42.0 Å². The third-order valence-electron chi connectivity index (χ3n) is 7.46. The molecule has 0 radical (unpaired) electrons. The molecule has 1 N–H and O–H groups in total. The molecular formula is C31H35N5O4. The van der Waals surface area contributed by atoms with Gasteiger partial charge in [0.05, 0.1) is 19.7 Å². The first-order valence-corrected chi connectivity index (χ1v) is 13.7. The molecule has 0 aliphatic heterocycles. The van der Waals surface area contributed by atoms with Gasteiger partial charge in [-0.15, -0.1) is 5.10 Å². The van der Waals surface area contributed by atoms with E-state index in [0.717, 1.165) is 36.8 Å². The fourth-order valence-corrected chi connectivity index (χ4v) is 5.39. The van der Waals surface area contributed by atoms with Gasteiger partial charge < -0.3 is 19.7 Å². The number of aromatic nitrogens is 3. The van der Waals surface area contributed by atoms with Crippen LogP contribution in [0.2, 0.25) is 0 Å². The number of carbonyl (C=O) groups excluding carboxylic acids is 2. The molecular weight excluding hydrogens is 506 g/mol. The lowest BCUT2D eigenvalue weighted by atomic mass is 9.94. The van der Waals surface area contributed by atoms with Crippen molar-refractivity contribution in [2.75, 3.05) is 14.2 Å². The van der Waals surface area contributed by atoms with E-state index >= 15 is 0 Å².